The van der Waals surface area contributed by atoms with Gasteiger partial charge in [-0.25, -0.2) is 0 Å². The van der Waals surface area contributed by atoms with Crippen LogP contribution in [0.15, 0.2) is 35.4 Å². The number of nitriles is 1. The summed E-state index contributed by atoms with van der Waals surface area (Å²) in [5.74, 6) is -1.50. The zero-order valence-electron chi connectivity index (χ0n) is 13.0. The van der Waals surface area contributed by atoms with Gasteiger partial charge in [-0.1, -0.05) is 42.2 Å². The van der Waals surface area contributed by atoms with Gasteiger partial charge in [-0.05, 0) is 12.1 Å². The quantitative estimate of drug-likeness (QED) is 0.642. The highest BCUT2D eigenvalue weighted by atomic mass is 32.2. The molecule has 126 valence electrons. The van der Waals surface area contributed by atoms with E-state index in [-0.39, 0.29) is 4.32 Å². The molecule has 1 aromatic carbocycles. The number of aryl methyl sites for hydroxylation is 1. The lowest BCUT2D eigenvalue weighted by atomic mass is 10.1. The molecule has 0 unspecified atom stereocenters. The van der Waals surface area contributed by atoms with Gasteiger partial charge in [0.05, 0.1) is 17.4 Å². The third-order valence-electron chi connectivity index (χ3n) is 3.74. The van der Waals surface area contributed by atoms with E-state index in [9.17, 15) is 9.59 Å². The minimum absolute atomic E-state index is 0.242. The Morgan fingerprint density at radius 2 is 2.16 bits per heavy atom. The van der Waals surface area contributed by atoms with E-state index in [1.165, 1.54) is 0 Å². The Morgan fingerprint density at radius 1 is 1.40 bits per heavy atom. The van der Waals surface area contributed by atoms with E-state index in [1.807, 2.05) is 35.0 Å². The van der Waals surface area contributed by atoms with Crippen LogP contribution < -0.4 is 0 Å². The molecule has 6 nitrogen and oxygen atoms in total. The molecule has 1 fully saturated rings. The van der Waals surface area contributed by atoms with Gasteiger partial charge in [0.1, 0.15) is 10.9 Å². The van der Waals surface area contributed by atoms with Crippen LogP contribution in [0.25, 0.3) is 17.0 Å². The molecular weight excluding hydrogens is 358 g/mol. The van der Waals surface area contributed by atoms with Gasteiger partial charge in [0.25, 0.3) is 5.91 Å². The minimum Gasteiger partial charge on any atom is -0.480 e. The number of carbonyl (C=O) groups is 2. The van der Waals surface area contributed by atoms with Crippen molar-refractivity contribution in [1.82, 2.24) is 9.47 Å². The lowest BCUT2D eigenvalue weighted by Crippen LogP contribution is -2.33. The number of para-hydroxylation sites is 1. The number of benzene rings is 1. The van der Waals surface area contributed by atoms with Crippen molar-refractivity contribution < 1.29 is 14.7 Å². The van der Waals surface area contributed by atoms with Crippen LogP contribution in [0.5, 0.6) is 0 Å². The molecule has 1 N–H and O–H groups in total. The number of aliphatic carboxylic acids is 1. The second kappa shape index (κ2) is 7.09. The van der Waals surface area contributed by atoms with Crippen LogP contribution in [0.3, 0.4) is 0 Å². The van der Waals surface area contributed by atoms with Crippen LogP contribution in [0.1, 0.15) is 12.0 Å². The van der Waals surface area contributed by atoms with E-state index in [2.05, 4.69) is 6.07 Å². The Hall–Kier alpha value is -2.63. The van der Waals surface area contributed by atoms with Crippen molar-refractivity contribution >= 4 is 57.2 Å². The summed E-state index contributed by atoms with van der Waals surface area (Å²) in [5.41, 5.74) is 1.81. The molecule has 1 aliphatic heterocycles. The second-order valence-electron chi connectivity index (χ2n) is 5.36. The SMILES string of the molecule is N#CCCn1cc(/C=C2/SC(=S)N(CC(=O)O)C2=O)c2ccccc21. The number of aromatic nitrogens is 1. The molecule has 1 amide bonds. The predicted octanol–water partition coefficient (Wildman–Crippen LogP) is 2.84. The van der Waals surface area contributed by atoms with Crippen LogP contribution in [0.4, 0.5) is 0 Å². The number of amides is 1. The highest BCUT2D eigenvalue weighted by Gasteiger charge is 2.33. The Morgan fingerprint density at radius 3 is 2.88 bits per heavy atom. The average Bonchev–Trinajstić information content (AvgIpc) is 3.06. The third kappa shape index (κ3) is 3.43. The van der Waals surface area contributed by atoms with Crippen LogP contribution in [0, 0.1) is 11.3 Å². The largest absolute Gasteiger partial charge is 0.480 e. The van der Waals surface area contributed by atoms with Gasteiger partial charge < -0.3 is 9.67 Å². The standard InChI is InChI=1S/C17H13N3O3S2/c18-6-3-7-19-9-11(12-4-1-2-5-13(12)19)8-14-16(23)20(10-15(21)22)17(24)25-14/h1-2,4-5,8-9H,3,7,10H2,(H,21,22)/b14-8+. The van der Waals surface area contributed by atoms with Crippen LogP contribution in [-0.2, 0) is 16.1 Å². The fourth-order valence-electron chi connectivity index (χ4n) is 2.66. The first-order chi connectivity index (χ1) is 12.0. The van der Waals surface area contributed by atoms with E-state index in [4.69, 9.17) is 22.6 Å². The Bertz CT molecular complexity index is 956. The molecule has 0 saturated carbocycles. The summed E-state index contributed by atoms with van der Waals surface area (Å²) in [6.45, 7) is 0.122. The molecule has 0 radical (unpaired) electrons. The predicted molar refractivity (Wildman–Crippen MR) is 99.7 cm³/mol. The molecule has 1 aromatic heterocycles. The smallest absolute Gasteiger partial charge is 0.323 e. The summed E-state index contributed by atoms with van der Waals surface area (Å²) in [6.07, 6.45) is 4.01. The lowest BCUT2D eigenvalue weighted by Gasteiger charge is -2.10. The zero-order valence-corrected chi connectivity index (χ0v) is 14.6. The maximum atomic E-state index is 12.4. The molecule has 1 saturated heterocycles. The summed E-state index contributed by atoms with van der Waals surface area (Å²) in [5, 5.41) is 18.7. The fraction of sp³-hybridized carbons (Fsp3) is 0.176. The number of hydrogen-bond donors (Lipinski definition) is 1. The molecule has 2 aromatic rings. The topological polar surface area (TPSA) is 86.3 Å². The number of carboxylic acid groups (broad SMARTS) is 1. The van der Waals surface area contributed by atoms with Crippen molar-refractivity contribution in [2.75, 3.05) is 6.54 Å². The normalized spacial score (nSPS) is 16.0. The highest BCUT2D eigenvalue weighted by molar-refractivity contribution is 8.26. The third-order valence-corrected chi connectivity index (χ3v) is 5.12. The average molecular weight is 371 g/mol. The van der Waals surface area contributed by atoms with E-state index < -0.39 is 18.4 Å². The van der Waals surface area contributed by atoms with Crippen LogP contribution in [-0.4, -0.2) is 37.3 Å². The number of rotatable bonds is 5. The maximum absolute atomic E-state index is 12.4. The van der Waals surface area contributed by atoms with Crippen molar-refractivity contribution in [3.05, 3.63) is 40.9 Å². The molecule has 0 atom stereocenters. The van der Waals surface area contributed by atoms with Gasteiger partial charge in [-0.3, -0.25) is 14.5 Å². The first kappa shape index (κ1) is 17.2. The van der Waals surface area contributed by atoms with Gasteiger partial charge in [-0.15, -0.1) is 0 Å². The molecule has 8 heteroatoms. The molecule has 2 heterocycles. The number of carboxylic acids is 1. The van der Waals surface area contributed by atoms with Crippen molar-refractivity contribution in [3.8, 4) is 6.07 Å². The maximum Gasteiger partial charge on any atom is 0.323 e. The van der Waals surface area contributed by atoms with Crippen molar-refractivity contribution in [2.24, 2.45) is 0 Å². The summed E-state index contributed by atoms with van der Waals surface area (Å²) >= 11 is 6.21. The van der Waals surface area contributed by atoms with Crippen molar-refractivity contribution in [3.63, 3.8) is 0 Å². The van der Waals surface area contributed by atoms with E-state index in [1.54, 1.807) is 6.08 Å². The van der Waals surface area contributed by atoms with E-state index in [0.29, 0.717) is 17.9 Å². The van der Waals surface area contributed by atoms with E-state index in [0.717, 1.165) is 33.1 Å². The molecule has 0 bridgehead atoms. The highest BCUT2D eigenvalue weighted by Crippen LogP contribution is 2.34. The van der Waals surface area contributed by atoms with Crippen LogP contribution in [0.2, 0.25) is 0 Å². The summed E-state index contributed by atoms with van der Waals surface area (Å²) in [6, 6.07) is 9.86. The zero-order chi connectivity index (χ0) is 18.0. The minimum atomic E-state index is -1.11. The number of thioether (sulfide) groups is 1. The van der Waals surface area contributed by atoms with Crippen LogP contribution >= 0.6 is 24.0 Å². The number of thiocarbonyl (C=S) groups is 1. The summed E-state index contributed by atoms with van der Waals surface area (Å²) < 4.78 is 2.22. The van der Waals surface area contributed by atoms with Gasteiger partial charge in [0.15, 0.2) is 0 Å². The number of nitrogens with zero attached hydrogens (tertiary/aromatic N) is 3. The Balaban J connectivity index is 1.99. The van der Waals surface area contributed by atoms with Gasteiger partial charge >= 0.3 is 5.97 Å². The summed E-state index contributed by atoms with van der Waals surface area (Å²) in [4.78, 5) is 24.8. The molecule has 0 spiro atoms. The first-order valence-corrected chi connectivity index (χ1v) is 8.65. The molecular formula is C17H13N3O3S2. The lowest BCUT2D eigenvalue weighted by molar-refractivity contribution is -0.140. The first-order valence-electron chi connectivity index (χ1n) is 7.43. The fourth-order valence-corrected chi connectivity index (χ4v) is 3.90. The monoisotopic (exact) mass is 371 g/mol. The molecule has 3 rings (SSSR count). The summed E-state index contributed by atoms with van der Waals surface area (Å²) in [7, 11) is 0. The number of hydrogen-bond acceptors (Lipinski definition) is 5. The van der Waals surface area contributed by atoms with Gasteiger partial charge in [0, 0.05) is 29.2 Å². The molecule has 25 heavy (non-hydrogen) atoms. The molecule has 0 aliphatic carbocycles. The van der Waals surface area contributed by atoms with Gasteiger partial charge in [-0.2, -0.15) is 5.26 Å². The number of carbonyl (C=O) groups excluding carboxylic acids is 1. The second-order valence-corrected chi connectivity index (χ2v) is 7.04. The van der Waals surface area contributed by atoms with Gasteiger partial charge in [0.2, 0.25) is 0 Å². The van der Waals surface area contributed by atoms with E-state index >= 15 is 0 Å². The number of fused-ring (bicyclic) bond motifs is 1. The Kier molecular flexibility index (Phi) is 4.88. The van der Waals surface area contributed by atoms with Crippen molar-refractivity contribution in [2.45, 2.75) is 13.0 Å². The van der Waals surface area contributed by atoms with Crippen molar-refractivity contribution in [1.29, 1.82) is 5.26 Å². The molecule has 1 aliphatic rings. The Labute approximate surface area is 153 Å².